The maximum atomic E-state index is 13.4. The van der Waals surface area contributed by atoms with Gasteiger partial charge in [0.25, 0.3) is 0 Å². The number of hydrogen-bond donors (Lipinski definition) is 1. The molecule has 8 heteroatoms. The first kappa shape index (κ1) is 24.3. The van der Waals surface area contributed by atoms with E-state index < -0.39 is 0 Å². The molecule has 1 saturated heterocycles. The average molecular weight is 468 g/mol. The lowest BCUT2D eigenvalue weighted by atomic mass is 9.89. The molecule has 4 nitrogen and oxygen atoms in total. The van der Waals surface area contributed by atoms with Gasteiger partial charge in [-0.1, -0.05) is 42.5 Å². The number of amides is 1. The highest BCUT2D eigenvalue weighted by Gasteiger charge is 2.35. The number of benzene rings is 2. The lowest BCUT2D eigenvalue weighted by Crippen LogP contribution is -2.31. The van der Waals surface area contributed by atoms with Crippen molar-refractivity contribution in [3.63, 3.8) is 0 Å². The van der Waals surface area contributed by atoms with Crippen molar-refractivity contribution in [2.45, 2.75) is 12.3 Å². The number of aromatic nitrogens is 1. The van der Waals surface area contributed by atoms with Crippen LogP contribution in [-0.2, 0) is 11.2 Å². The molecule has 1 aromatic heterocycles. The van der Waals surface area contributed by atoms with Gasteiger partial charge < -0.3 is 10.6 Å². The molecule has 30 heavy (non-hydrogen) atoms. The van der Waals surface area contributed by atoms with Crippen LogP contribution in [0.5, 0.6) is 0 Å². The summed E-state index contributed by atoms with van der Waals surface area (Å²) in [6, 6.07) is 16.6. The molecule has 1 amide bonds. The van der Waals surface area contributed by atoms with Gasteiger partial charge in [0, 0.05) is 30.0 Å². The zero-order chi connectivity index (χ0) is 19.5. The Bertz CT molecular complexity index is 970. The molecule has 0 spiro atoms. The van der Waals surface area contributed by atoms with Gasteiger partial charge in [0.05, 0.1) is 12.1 Å². The molecular formula is C22H24Cl2FN3OS. The summed E-state index contributed by atoms with van der Waals surface area (Å²) in [5.41, 5.74) is 8.67. The number of nitrogens with two attached hydrogens (primary N) is 1. The Morgan fingerprint density at radius 3 is 2.60 bits per heavy atom. The van der Waals surface area contributed by atoms with Crippen LogP contribution in [0.15, 0.2) is 60.0 Å². The summed E-state index contributed by atoms with van der Waals surface area (Å²) in [6.07, 6.45) is 0.255. The summed E-state index contributed by atoms with van der Waals surface area (Å²) in [4.78, 5) is 19.3. The summed E-state index contributed by atoms with van der Waals surface area (Å²) >= 11 is 1.43. The first-order valence-corrected chi connectivity index (χ1v) is 10.2. The zero-order valence-corrected chi connectivity index (χ0v) is 18.7. The minimum absolute atomic E-state index is 0. The molecule has 160 valence electrons. The van der Waals surface area contributed by atoms with Crippen molar-refractivity contribution in [3.05, 3.63) is 77.1 Å². The second-order valence-corrected chi connectivity index (χ2v) is 8.00. The highest BCUT2D eigenvalue weighted by atomic mass is 35.5. The Hall–Kier alpha value is -1.99. The Balaban J connectivity index is 0.00000160. The fourth-order valence-corrected chi connectivity index (χ4v) is 4.62. The summed E-state index contributed by atoms with van der Waals surface area (Å²) in [7, 11) is 0. The zero-order valence-electron chi connectivity index (χ0n) is 16.2. The van der Waals surface area contributed by atoms with Crippen LogP contribution in [0.3, 0.4) is 0 Å². The number of hydrogen-bond acceptors (Lipinski definition) is 4. The van der Waals surface area contributed by atoms with E-state index in [-0.39, 0.29) is 54.8 Å². The van der Waals surface area contributed by atoms with E-state index in [0.717, 1.165) is 16.3 Å². The van der Waals surface area contributed by atoms with Crippen molar-refractivity contribution in [1.29, 1.82) is 0 Å². The summed E-state index contributed by atoms with van der Waals surface area (Å²) < 4.78 is 13.4. The first-order chi connectivity index (χ1) is 13.6. The number of halogens is 3. The Labute approximate surface area is 192 Å². The van der Waals surface area contributed by atoms with Gasteiger partial charge in [-0.3, -0.25) is 4.79 Å². The predicted octanol–water partition coefficient (Wildman–Crippen LogP) is 4.54. The van der Waals surface area contributed by atoms with Gasteiger partial charge in [-0.25, -0.2) is 9.37 Å². The normalized spacial score (nSPS) is 17.9. The second kappa shape index (κ2) is 10.9. The van der Waals surface area contributed by atoms with Crippen LogP contribution in [0.2, 0.25) is 0 Å². The largest absolute Gasteiger partial charge is 0.341 e. The molecule has 3 aromatic rings. The van der Waals surface area contributed by atoms with Gasteiger partial charge in [0.2, 0.25) is 5.91 Å². The smallest absolute Gasteiger partial charge is 0.228 e. The second-order valence-electron chi connectivity index (χ2n) is 7.14. The molecule has 2 N–H and O–H groups in total. The van der Waals surface area contributed by atoms with Crippen molar-refractivity contribution < 1.29 is 9.18 Å². The third kappa shape index (κ3) is 5.38. The molecule has 0 aliphatic carbocycles. The Kier molecular flexibility index (Phi) is 8.79. The van der Waals surface area contributed by atoms with Gasteiger partial charge in [-0.15, -0.1) is 36.2 Å². The minimum atomic E-state index is -0.290. The average Bonchev–Trinajstić information content (AvgIpc) is 3.36. The van der Waals surface area contributed by atoms with Gasteiger partial charge in [0.1, 0.15) is 10.8 Å². The van der Waals surface area contributed by atoms with Crippen LogP contribution in [0.4, 0.5) is 4.39 Å². The van der Waals surface area contributed by atoms with E-state index in [0.29, 0.717) is 19.6 Å². The number of carbonyl (C=O) groups is 1. The van der Waals surface area contributed by atoms with Crippen LogP contribution in [0.25, 0.3) is 10.6 Å². The molecule has 0 radical (unpaired) electrons. The van der Waals surface area contributed by atoms with Crippen molar-refractivity contribution in [3.8, 4) is 10.6 Å². The summed E-state index contributed by atoms with van der Waals surface area (Å²) in [5, 5.41) is 2.61. The van der Waals surface area contributed by atoms with E-state index in [4.69, 9.17) is 5.73 Å². The van der Waals surface area contributed by atoms with Gasteiger partial charge >= 0.3 is 0 Å². The van der Waals surface area contributed by atoms with Crippen LogP contribution < -0.4 is 5.73 Å². The summed E-state index contributed by atoms with van der Waals surface area (Å²) in [6.45, 7) is 1.92. The molecule has 0 saturated carbocycles. The van der Waals surface area contributed by atoms with E-state index >= 15 is 0 Å². The number of rotatable bonds is 5. The molecule has 2 atom stereocenters. The molecule has 1 fully saturated rings. The highest BCUT2D eigenvalue weighted by Crippen LogP contribution is 2.32. The van der Waals surface area contributed by atoms with Crippen LogP contribution in [0.1, 0.15) is 17.2 Å². The van der Waals surface area contributed by atoms with E-state index in [2.05, 4.69) is 17.1 Å². The number of likely N-dealkylation sites (tertiary alicyclic amines) is 1. The van der Waals surface area contributed by atoms with E-state index in [1.807, 2.05) is 34.5 Å². The molecule has 0 bridgehead atoms. The fraction of sp³-hybridized carbons (Fsp3) is 0.273. The van der Waals surface area contributed by atoms with Crippen LogP contribution >= 0.6 is 36.2 Å². The highest BCUT2D eigenvalue weighted by molar-refractivity contribution is 7.13. The number of nitrogens with zero attached hydrogens (tertiary/aromatic N) is 2. The Morgan fingerprint density at radius 1 is 1.13 bits per heavy atom. The molecule has 1 aliphatic heterocycles. The van der Waals surface area contributed by atoms with Crippen molar-refractivity contribution in [2.75, 3.05) is 19.6 Å². The van der Waals surface area contributed by atoms with Crippen molar-refractivity contribution >= 4 is 42.1 Å². The SMILES string of the molecule is Cl.Cl.NC[C@@H]1CN(C(=O)Cc2csc(-c3cccc(F)c3)n2)C[C@H]1c1ccccc1. The fourth-order valence-electron chi connectivity index (χ4n) is 3.80. The van der Waals surface area contributed by atoms with Crippen LogP contribution in [0, 0.1) is 11.7 Å². The van der Waals surface area contributed by atoms with Crippen LogP contribution in [-0.4, -0.2) is 35.4 Å². The maximum Gasteiger partial charge on any atom is 0.228 e. The van der Waals surface area contributed by atoms with Gasteiger partial charge in [0.15, 0.2) is 0 Å². The van der Waals surface area contributed by atoms with E-state index in [1.165, 1.54) is 29.0 Å². The lowest BCUT2D eigenvalue weighted by molar-refractivity contribution is -0.129. The monoisotopic (exact) mass is 467 g/mol. The molecule has 0 unspecified atom stereocenters. The topological polar surface area (TPSA) is 59.2 Å². The first-order valence-electron chi connectivity index (χ1n) is 9.37. The Morgan fingerprint density at radius 2 is 1.90 bits per heavy atom. The third-order valence-electron chi connectivity index (χ3n) is 5.28. The standard InChI is InChI=1S/C22H22FN3OS.2ClH/c23-18-8-4-7-16(9-18)22-25-19(14-28-22)10-21(27)26-12-17(11-24)20(13-26)15-5-2-1-3-6-15;;/h1-9,14,17,20H,10-13,24H2;2*1H/t17-,20+;;/m1../s1. The molecular weight excluding hydrogens is 444 g/mol. The van der Waals surface area contributed by atoms with Gasteiger partial charge in [-0.05, 0) is 30.2 Å². The molecule has 4 rings (SSSR count). The predicted molar refractivity (Wildman–Crippen MR) is 124 cm³/mol. The number of thiazole rings is 1. The summed E-state index contributed by atoms with van der Waals surface area (Å²) in [5.74, 6) is 0.313. The lowest BCUT2D eigenvalue weighted by Gasteiger charge is -2.16. The van der Waals surface area contributed by atoms with Crippen molar-refractivity contribution in [2.24, 2.45) is 11.7 Å². The number of carbonyl (C=O) groups excluding carboxylic acids is 1. The molecule has 2 heterocycles. The molecule has 2 aromatic carbocycles. The molecule has 1 aliphatic rings. The van der Waals surface area contributed by atoms with Crippen molar-refractivity contribution in [1.82, 2.24) is 9.88 Å². The van der Waals surface area contributed by atoms with E-state index in [9.17, 15) is 9.18 Å². The third-order valence-corrected chi connectivity index (χ3v) is 6.22. The van der Waals surface area contributed by atoms with E-state index in [1.54, 1.807) is 6.07 Å². The quantitative estimate of drug-likeness (QED) is 0.599. The minimum Gasteiger partial charge on any atom is -0.341 e. The van der Waals surface area contributed by atoms with Gasteiger partial charge in [-0.2, -0.15) is 0 Å². The maximum absolute atomic E-state index is 13.4.